The minimum absolute atomic E-state index is 0.00625. The summed E-state index contributed by atoms with van der Waals surface area (Å²) in [6.07, 6.45) is 4.37. The Kier molecular flexibility index (Phi) is 14.4. The first kappa shape index (κ1) is 23.2. The fourth-order valence-corrected chi connectivity index (χ4v) is 2.63. The average Bonchev–Trinajstić information content (AvgIpc) is 2.49. The van der Waals surface area contributed by atoms with Crippen LogP contribution >= 0.6 is 23.5 Å². The van der Waals surface area contributed by atoms with E-state index in [-0.39, 0.29) is 29.7 Å². The van der Waals surface area contributed by atoms with Crippen molar-refractivity contribution in [3.8, 4) is 0 Å². The van der Waals surface area contributed by atoms with Crippen molar-refractivity contribution in [1.29, 1.82) is 0 Å². The SMILES string of the molecule is CCC(=O)C(CC(=O)O)SC.CCC(=O)CC(SC)C(=O)O. The number of aliphatic carboxylic acids is 2. The molecule has 128 valence electrons. The number of carboxylic acid groups (broad SMARTS) is 2. The highest BCUT2D eigenvalue weighted by Crippen LogP contribution is 2.13. The zero-order valence-electron chi connectivity index (χ0n) is 13.3. The van der Waals surface area contributed by atoms with Crippen molar-refractivity contribution < 1.29 is 29.4 Å². The summed E-state index contributed by atoms with van der Waals surface area (Å²) in [4.78, 5) is 42.4. The van der Waals surface area contributed by atoms with Crippen LogP contribution in [0.3, 0.4) is 0 Å². The second kappa shape index (κ2) is 13.6. The minimum atomic E-state index is -0.911. The highest BCUT2D eigenvalue weighted by atomic mass is 32.2. The van der Waals surface area contributed by atoms with E-state index in [0.29, 0.717) is 12.8 Å². The second-order valence-corrected chi connectivity index (χ2v) is 6.38. The molecule has 22 heavy (non-hydrogen) atoms. The summed E-state index contributed by atoms with van der Waals surface area (Å²) in [5.74, 6) is -1.79. The normalized spacial score (nSPS) is 12.5. The number of hydrogen-bond acceptors (Lipinski definition) is 6. The van der Waals surface area contributed by atoms with Crippen LogP contribution in [0.2, 0.25) is 0 Å². The summed E-state index contributed by atoms with van der Waals surface area (Å²) in [6, 6.07) is 0. The predicted octanol–water partition coefficient (Wildman–Crippen LogP) is 2.34. The number of rotatable bonds is 10. The van der Waals surface area contributed by atoms with Crippen LogP contribution in [0, 0.1) is 0 Å². The molecule has 6 nitrogen and oxygen atoms in total. The summed E-state index contributed by atoms with van der Waals surface area (Å²) < 4.78 is 0. The topological polar surface area (TPSA) is 109 Å². The van der Waals surface area contributed by atoms with Crippen molar-refractivity contribution >= 4 is 47.0 Å². The minimum Gasteiger partial charge on any atom is -0.481 e. The molecule has 8 heteroatoms. The molecule has 0 rings (SSSR count). The van der Waals surface area contributed by atoms with Gasteiger partial charge in [-0.05, 0) is 12.5 Å². The molecule has 2 N–H and O–H groups in total. The van der Waals surface area contributed by atoms with Gasteiger partial charge in [-0.3, -0.25) is 19.2 Å². The van der Waals surface area contributed by atoms with Crippen LogP contribution < -0.4 is 0 Å². The van der Waals surface area contributed by atoms with Gasteiger partial charge in [0.2, 0.25) is 0 Å². The van der Waals surface area contributed by atoms with Crippen LogP contribution in [0.1, 0.15) is 39.5 Å². The Balaban J connectivity index is 0. The third kappa shape index (κ3) is 11.6. The zero-order chi connectivity index (χ0) is 17.7. The lowest BCUT2D eigenvalue weighted by molar-refractivity contribution is -0.138. The molecule has 0 aliphatic rings. The van der Waals surface area contributed by atoms with Crippen molar-refractivity contribution in [1.82, 2.24) is 0 Å². The Morgan fingerprint density at radius 1 is 0.864 bits per heavy atom. The lowest BCUT2D eigenvalue weighted by Gasteiger charge is -2.07. The van der Waals surface area contributed by atoms with Crippen LogP contribution in [0.4, 0.5) is 0 Å². The van der Waals surface area contributed by atoms with Crippen LogP contribution in [-0.2, 0) is 19.2 Å². The molecule has 0 aliphatic carbocycles. The molecule has 0 bridgehead atoms. The molecule has 0 aromatic carbocycles. The number of carbonyl (C=O) groups is 4. The number of ketones is 2. The van der Waals surface area contributed by atoms with Gasteiger partial charge < -0.3 is 10.2 Å². The van der Waals surface area contributed by atoms with Crippen LogP contribution in [0.15, 0.2) is 0 Å². The van der Waals surface area contributed by atoms with Crippen molar-refractivity contribution in [3.63, 3.8) is 0 Å². The molecule has 2 unspecified atom stereocenters. The second-order valence-electron chi connectivity index (χ2n) is 4.30. The maximum Gasteiger partial charge on any atom is 0.317 e. The van der Waals surface area contributed by atoms with Crippen LogP contribution in [0.25, 0.3) is 0 Å². The number of carbonyl (C=O) groups excluding carboxylic acids is 2. The summed E-state index contributed by atoms with van der Waals surface area (Å²) in [7, 11) is 0. The van der Waals surface area contributed by atoms with Crippen molar-refractivity contribution in [2.24, 2.45) is 0 Å². The van der Waals surface area contributed by atoms with E-state index in [2.05, 4.69) is 0 Å². The molecule has 0 saturated carbocycles. The van der Waals surface area contributed by atoms with E-state index < -0.39 is 17.2 Å². The van der Waals surface area contributed by atoms with E-state index in [1.807, 2.05) is 0 Å². The first-order valence-corrected chi connectivity index (χ1v) is 9.35. The van der Waals surface area contributed by atoms with Gasteiger partial charge in [0, 0.05) is 19.3 Å². The largest absolute Gasteiger partial charge is 0.481 e. The first-order chi connectivity index (χ1) is 10.2. The molecule has 0 aliphatic heterocycles. The maximum atomic E-state index is 11.0. The van der Waals surface area contributed by atoms with Gasteiger partial charge in [0.05, 0.1) is 11.7 Å². The summed E-state index contributed by atoms with van der Waals surface area (Å²) in [5.41, 5.74) is 0. The Labute approximate surface area is 139 Å². The average molecular weight is 352 g/mol. The maximum absolute atomic E-state index is 11.0. The van der Waals surface area contributed by atoms with Gasteiger partial charge in [0.15, 0.2) is 0 Å². The lowest BCUT2D eigenvalue weighted by Crippen LogP contribution is -2.19. The van der Waals surface area contributed by atoms with E-state index in [1.54, 1.807) is 26.4 Å². The number of Topliss-reactive ketones (excluding diaryl/α,β-unsaturated/α-hetero) is 2. The van der Waals surface area contributed by atoms with E-state index in [0.717, 1.165) is 0 Å². The van der Waals surface area contributed by atoms with Crippen LogP contribution in [0.5, 0.6) is 0 Å². The molecule has 0 heterocycles. The van der Waals surface area contributed by atoms with Gasteiger partial charge in [-0.2, -0.15) is 11.8 Å². The molecule has 2 atom stereocenters. The van der Waals surface area contributed by atoms with Gasteiger partial charge in [-0.25, -0.2) is 0 Å². The third-order valence-electron chi connectivity index (χ3n) is 2.72. The predicted molar refractivity (Wildman–Crippen MR) is 89.7 cm³/mol. The van der Waals surface area contributed by atoms with Crippen molar-refractivity contribution in [2.75, 3.05) is 12.5 Å². The van der Waals surface area contributed by atoms with Crippen molar-refractivity contribution in [2.45, 2.75) is 50.0 Å². The molecule has 0 fully saturated rings. The monoisotopic (exact) mass is 352 g/mol. The van der Waals surface area contributed by atoms with Gasteiger partial charge in [-0.15, -0.1) is 11.8 Å². The fourth-order valence-electron chi connectivity index (χ4n) is 1.34. The lowest BCUT2D eigenvalue weighted by atomic mass is 10.2. The summed E-state index contributed by atoms with van der Waals surface area (Å²) in [5, 5.41) is 16.0. The molecule has 0 spiro atoms. The van der Waals surface area contributed by atoms with E-state index in [4.69, 9.17) is 10.2 Å². The molecule has 0 aromatic rings. The van der Waals surface area contributed by atoms with Gasteiger partial charge in [0.1, 0.15) is 16.8 Å². The first-order valence-electron chi connectivity index (χ1n) is 6.77. The molecule has 0 amide bonds. The molecule has 0 saturated heterocycles. The standard InChI is InChI=1S/2C7H12O3S/c1-3-5(8)6(11-2)4-7(9)10;1-3-5(8)4-6(11-2)7(9)10/h2*6H,3-4H2,1-2H3,(H,9,10). The van der Waals surface area contributed by atoms with Crippen molar-refractivity contribution in [3.05, 3.63) is 0 Å². The summed E-state index contributed by atoms with van der Waals surface area (Å²) in [6.45, 7) is 3.48. The van der Waals surface area contributed by atoms with E-state index in [9.17, 15) is 19.2 Å². The highest BCUT2D eigenvalue weighted by Gasteiger charge is 2.18. The third-order valence-corrected chi connectivity index (χ3v) is 4.66. The van der Waals surface area contributed by atoms with Gasteiger partial charge in [0.25, 0.3) is 0 Å². The Hall–Kier alpha value is -1.02. The molecule has 0 aromatic heterocycles. The number of hydrogen-bond donors (Lipinski definition) is 2. The molecular formula is C14H24O6S2. The smallest absolute Gasteiger partial charge is 0.317 e. The molecule has 0 radical (unpaired) electrons. The van der Waals surface area contributed by atoms with E-state index in [1.165, 1.54) is 23.5 Å². The summed E-state index contributed by atoms with van der Waals surface area (Å²) >= 11 is 2.50. The Morgan fingerprint density at radius 2 is 1.36 bits per heavy atom. The number of thioether (sulfide) groups is 2. The Morgan fingerprint density at radius 3 is 1.64 bits per heavy atom. The van der Waals surface area contributed by atoms with Crippen LogP contribution in [-0.4, -0.2) is 56.7 Å². The fraction of sp³-hybridized carbons (Fsp3) is 0.714. The highest BCUT2D eigenvalue weighted by molar-refractivity contribution is 8.00. The van der Waals surface area contributed by atoms with Gasteiger partial charge >= 0.3 is 11.9 Å². The van der Waals surface area contributed by atoms with E-state index >= 15 is 0 Å². The quantitative estimate of drug-likeness (QED) is 0.617. The molecular weight excluding hydrogens is 328 g/mol. The number of carboxylic acids is 2. The Bertz CT molecular complexity index is 384. The zero-order valence-corrected chi connectivity index (χ0v) is 15.0. The van der Waals surface area contributed by atoms with Gasteiger partial charge in [-0.1, -0.05) is 13.8 Å².